The molecular formula is C21H25N3O4. The second-order valence-electron chi connectivity index (χ2n) is 6.96. The molecule has 7 nitrogen and oxygen atoms in total. The molecule has 1 aromatic heterocycles. The molecule has 7 heteroatoms. The predicted molar refractivity (Wildman–Crippen MR) is 104 cm³/mol. The molecule has 0 aliphatic carbocycles. The zero-order valence-corrected chi connectivity index (χ0v) is 16.0. The molecule has 1 unspecified atom stereocenters. The molecule has 0 radical (unpaired) electrons. The lowest BCUT2D eigenvalue weighted by atomic mass is 10.1. The van der Waals surface area contributed by atoms with Crippen molar-refractivity contribution in [3.63, 3.8) is 0 Å². The summed E-state index contributed by atoms with van der Waals surface area (Å²) in [6.07, 6.45) is 5.72. The fraction of sp³-hybridized carbons (Fsp3) is 0.429. The molecule has 1 N–H and O–H groups in total. The van der Waals surface area contributed by atoms with Gasteiger partial charge in [0.1, 0.15) is 25.0 Å². The average molecular weight is 383 g/mol. The van der Waals surface area contributed by atoms with E-state index >= 15 is 0 Å². The van der Waals surface area contributed by atoms with Crippen LogP contribution in [0.5, 0.6) is 17.2 Å². The number of hydrogen-bond acceptors (Lipinski definition) is 6. The van der Waals surface area contributed by atoms with Gasteiger partial charge < -0.3 is 19.5 Å². The van der Waals surface area contributed by atoms with Crippen LogP contribution in [0.15, 0.2) is 36.7 Å². The normalized spacial score (nSPS) is 17.2. The van der Waals surface area contributed by atoms with Crippen molar-refractivity contribution in [3.05, 3.63) is 47.8 Å². The number of amides is 1. The second kappa shape index (κ2) is 8.48. The third-order valence-corrected chi connectivity index (χ3v) is 5.15. The molecule has 3 heterocycles. The molecule has 2 aliphatic heterocycles. The number of pyridine rings is 1. The Morgan fingerprint density at radius 3 is 2.68 bits per heavy atom. The summed E-state index contributed by atoms with van der Waals surface area (Å²) in [6, 6.07) is 7.19. The van der Waals surface area contributed by atoms with Crippen molar-refractivity contribution in [1.29, 1.82) is 0 Å². The van der Waals surface area contributed by atoms with Crippen LogP contribution < -0.4 is 19.5 Å². The molecule has 1 amide bonds. The smallest absolute Gasteiger partial charge is 0.242 e. The third kappa shape index (κ3) is 3.89. The number of benzene rings is 1. The molecule has 1 saturated heterocycles. The lowest BCUT2D eigenvalue weighted by molar-refractivity contribution is -0.126. The van der Waals surface area contributed by atoms with Gasteiger partial charge >= 0.3 is 0 Å². The van der Waals surface area contributed by atoms with Gasteiger partial charge in [-0.05, 0) is 43.6 Å². The van der Waals surface area contributed by atoms with E-state index in [2.05, 4.69) is 15.2 Å². The maximum Gasteiger partial charge on any atom is 0.242 e. The van der Waals surface area contributed by atoms with Crippen LogP contribution in [0.3, 0.4) is 0 Å². The summed E-state index contributed by atoms with van der Waals surface area (Å²) in [7, 11) is 1.61. The van der Waals surface area contributed by atoms with Crippen LogP contribution in [0.4, 0.5) is 0 Å². The number of nitrogens with zero attached hydrogens (tertiary/aromatic N) is 2. The topological polar surface area (TPSA) is 72.9 Å². The van der Waals surface area contributed by atoms with Crippen LogP contribution in [-0.4, -0.2) is 49.2 Å². The minimum atomic E-state index is -0.334. The SMILES string of the molecule is COc1cc2c(cc1CNC(=O)C(c1cccnc1)N1CCCC1)OCCO2. The van der Waals surface area contributed by atoms with Crippen LogP contribution in [0.1, 0.15) is 30.0 Å². The number of fused-ring (bicyclic) bond motifs is 1. The molecule has 0 bridgehead atoms. The van der Waals surface area contributed by atoms with E-state index in [-0.39, 0.29) is 11.9 Å². The minimum Gasteiger partial charge on any atom is -0.496 e. The van der Waals surface area contributed by atoms with Gasteiger partial charge in [-0.15, -0.1) is 0 Å². The summed E-state index contributed by atoms with van der Waals surface area (Å²) in [5.74, 6) is 1.98. The quantitative estimate of drug-likeness (QED) is 0.825. The molecule has 0 spiro atoms. The highest BCUT2D eigenvalue weighted by molar-refractivity contribution is 5.83. The predicted octanol–water partition coefficient (Wildman–Crippen LogP) is 2.31. The molecule has 0 saturated carbocycles. The van der Waals surface area contributed by atoms with Crippen LogP contribution in [0, 0.1) is 0 Å². The molecule has 2 aromatic rings. The van der Waals surface area contributed by atoms with Gasteiger partial charge in [-0.1, -0.05) is 6.07 Å². The molecule has 28 heavy (non-hydrogen) atoms. The van der Waals surface area contributed by atoms with Crippen molar-refractivity contribution >= 4 is 5.91 Å². The van der Waals surface area contributed by atoms with E-state index in [1.807, 2.05) is 24.3 Å². The largest absolute Gasteiger partial charge is 0.496 e. The van der Waals surface area contributed by atoms with Crippen molar-refractivity contribution in [2.75, 3.05) is 33.4 Å². The molecule has 4 rings (SSSR count). The lowest BCUT2D eigenvalue weighted by Crippen LogP contribution is -2.39. The zero-order chi connectivity index (χ0) is 19.3. The van der Waals surface area contributed by atoms with Crippen LogP contribution in [-0.2, 0) is 11.3 Å². The number of rotatable bonds is 6. The third-order valence-electron chi connectivity index (χ3n) is 5.15. The lowest BCUT2D eigenvalue weighted by Gasteiger charge is -2.27. The van der Waals surface area contributed by atoms with E-state index < -0.39 is 0 Å². The van der Waals surface area contributed by atoms with E-state index in [4.69, 9.17) is 14.2 Å². The Morgan fingerprint density at radius 2 is 2.00 bits per heavy atom. The second-order valence-corrected chi connectivity index (χ2v) is 6.96. The van der Waals surface area contributed by atoms with E-state index in [1.165, 1.54) is 0 Å². The van der Waals surface area contributed by atoms with Crippen LogP contribution in [0.25, 0.3) is 0 Å². The first kappa shape index (κ1) is 18.6. The van der Waals surface area contributed by atoms with Gasteiger partial charge in [0.25, 0.3) is 0 Å². The standard InChI is InChI=1S/C21H25N3O4/c1-26-17-12-19-18(27-9-10-28-19)11-16(17)14-23-21(25)20(24-7-2-3-8-24)15-5-4-6-22-13-15/h4-6,11-13,20H,2-3,7-10,14H2,1H3,(H,23,25). The van der Waals surface area contributed by atoms with E-state index in [0.29, 0.717) is 37.0 Å². The van der Waals surface area contributed by atoms with E-state index in [0.717, 1.165) is 37.1 Å². The van der Waals surface area contributed by atoms with Gasteiger partial charge in [0, 0.05) is 30.6 Å². The molecule has 1 fully saturated rings. The Labute approximate surface area is 164 Å². The molecule has 1 aromatic carbocycles. The zero-order valence-electron chi connectivity index (χ0n) is 16.0. The van der Waals surface area contributed by atoms with Crippen molar-refractivity contribution in [2.45, 2.75) is 25.4 Å². The summed E-state index contributed by atoms with van der Waals surface area (Å²) in [5, 5.41) is 3.07. The highest BCUT2D eigenvalue weighted by atomic mass is 16.6. The van der Waals surface area contributed by atoms with Crippen molar-refractivity contribution < 1.29 is 19.0 Å². The van der Waals surface area contributed by atoms with Crippen LogP contribution in [0.2, 0.25) is 0 Å². The maximum absolute atomic E-state index is 13.1. The summed E-state index contributed by atoms with van der Waals surface area (Å²) < 4.78 is 16.7. The van der Waals surface area contributed by atoms with Crippen molar-refractivity contribution in [1.82, 2.24) is 15.2 Å². The maximum atomic E-state index is 13.1. The monoisotopic (exact) mass is 383 g/mol. The van der Waals surface area contributed by atoms with Crippen LogP contribution >= 0.6 is 0 Å². The summed E-state index contributed by atoms with van der Waals surface area (Å²) in [6.45, 7) is 3.22. The first-order chi connectivity index (χ1) is 13.8. The summed E-state index contributed by atoms with van der Waals surface area (Å²) in [5.41, 5.74) is 1.77. The Kier molecular flexibility index (Phi) is 5.62. The van der Waals surface area contributed by atoms with Gasteiger partial charge in [0.2, 0.25) is 5.91 Å². The number of carbonyl (C=O) groups excluding carboxylic acids is 1. The Bertz CT molecular complexity index is 822. The summed E-state index contributed by atoms with van der Waals surface area (Å²) in [4.78, 5) is 19.5. The number of carbonyl (C=O) groups is 1. The van der Waals surface area contributed by atoms with Crippen molar-refractivity contribution in [2.24, 2.45) is 0 Å². The van der Waals surface area contributed by atoms with Gasteiger partial charge in [-0.2, -0.15) is 0 Å². The van der Waals surface area contributed by atoms with E-state index in [9.17, 15) is 4.79 Å². The first-order valence-electron chi connectivity index (χ1n) is 9.64. The Balaban J connectivity index is 1.52. The number of ether oxygens (including phenoxy) is 3. The summed E-state index contributed by atoms with van der Waals surface area (Å²) >= 11 is 0. The average Bonchev–Trinajstić information content (AvgIpc) is 3.26. The fourth-order valence-electron chi connectivity index (χ4n) is 3.78. The highest BCUT2D eigenvalue weighted by Gasteiger charge is 2.30. The minimum absolute atomic E-state index is 0.0353. The van der Waals surface area contributed by atoms with E-state index in [1.54, 1.807) is 19.5 Å². The Hall–Kier alpha value is -2.80. The molecule has 1 atom stereocenters. The molecule has 2 aliphatic rings. The van der Waals surface area contributed by atoms with Gasteiger partial charge in [0.15, 0.2) is 11.5 Å². The first-order valence-corrected chi connectivity index (χ1v) is 9.64. The highest BCUT2D eigenvalue weighted by Crippen LogP contribution is 2.36. The van der Waals surface area contributed by atoms with Gasteiger partial charge in [0.05, 0.1) is 7.11 Å². The van der Waals surface area contributed by atoms with Gasteiger partial charge in [-0.25, -0.2) is 0 Å². The Morgan fingerprint density at radius 1 is 1.25 bits per heavy atom. The number of likely N-dealkylation sites (tertiary alicyclic amines) is 1. The molecule has 148 valence electrons. The number of nitrogens with one attached hydrogen (secondary N) is 1. The number of aromatic nitrogens is 1. The van der Waals surface area contributed by atoms with Gasteiger partial charge in [-0.3, -0.25) is 14.7 Å². The van der Waals surface area contributed by atoms with Crippen molar-refractivity contribution in [3.8, 4) is 17.2 Å². The number of hydrogen-bond donors (Lipinski definition) is 1. The molecular weight excluding hydrogens is 358 g/mol. The fourth-order valence-corrected chi connectivity index (χ4v) is 3.78. The number of methoxy groups -OCH3 is 1.